The van der Waals surface area contributed by atoms with Crippen LogP contribution in [0.3, 0.4) is 0 Å². The first kappa shape index (κ1) is 9.39. The average Bonchev–Trinajstić information content (AvgIpc) is 2.64. The molecule has 0 saturated carbocycles. The molecule has 0 atom stereocenters. The lowest BCUT2D eigenvalue weighted by Gasteiger charge is -2.04. The summed E-state index contributed by atoms with van der Waals surface area (Å²) in [7, 11) is 0. The van der Waals surface area contributed by atoms with E-state index in [1.807, 2.05) is 12.2 Å². The first-order chi connectivity index (χ1) is 7.29. The van der Waals surface area contributed by atoms with Gasteiger partial charge in [-0.2, -0.15) is 0 Å². The van der Waals surface area contributed by atoms with Gasteiger partial charge in [0.05, 0.1) is 18.1 Å². The number of allylic oxidation sites excluding steroid dienone is 1. The van der Waals surface area contributed by atoms with Gasteiger partial charge in [0.25, 0.3) is 5.91 Å². The minimum atomic E-state index is -0.497. The summed E-state index contributed by atoms with van der Waals surface area (Å²) in [5, 5.41) is 0. The summed E-state index contributed by atoms with van der Waals surface area (Å²) >= 11 is 0. The molecule has 1 aliphatic heterocycles. The second kappa shape index (κ2) is 3.91. The van der Waals surface area contributed by atoms with Crippen molar-refractivity contribution in [2.45, 2.75) is 6.54 Å². The highest BCUT2D eigenvalue weighted by molar-refractivity contribution is 5.91. The summed E-state index contributed by atoms with van der Waals surface area (Å²) < 4.78 is 1.77. The summed E-state index contributed by atoms with van der Waals surface area (Å²) in [5.41, 5.74) is 6.48. The van der Waals surface area contributed by atoms with E-state index in [-0.39, 0.29) is 0 Å². The molecule has 76 valence electrons. The molecule has 0 radical (unpaired) electrons. The number of nitrogens with zero attached hydrogens (tertiary/aromatic N) is 3. The number of carbonyl (C=O) groups excluding carboxylic acids is 1. The maximum atomic E-state index is 11.2. The molecular formula is C10H10N4O. The maximum absolute atomic E-state index is 11.2. The molecule has 1 aromatic rings. The summed E-state index contributed by atoms with van der Waals surface area (Å²) in [4.78, 5) is 19.1. The van der Waals surface area contributed by atoms with E-state index in [2.05, 4.69) is 9.97 Å². The summed E-state index contributed by atoms with van der Waals surface area (Å²) in [6.07, 6.45) is 9.99. The van der Waals surface area contributed by atoms with Gasteiger partial charge in [-0.15, -0.1) is 0 Å². The summed E-state index contributed by atoms with van der Waals surface area (Å²) in [6.45, 7) is 0.617. The molecule has 2 heterocycles. The highest BCUT2D eigenvalue weighted by atomic mass is 16.1. The van der Waals surface area contributed by atoms with Crippen LogP contribution < -0.4 is 5.73 Å². The highest BCUT2D eigenvalue weighted by Crippen LogP contribution is 2.10. The van der Waals surface area contributed by atoms with Crippen molar-refractivity contribution in [1.82, 2.24) is 14.5 Å². The number of rotatable bonds is 1. The lowest BCUT2D eigenvalue weighted by molar-refractivity contribution is 0.0991. The molecule has 0 unspecified atom stereocenters. The Balaban J connectivity index is 2.73. The molecule has 0 spiro atoms. The molecule has 0 fully saturated rings. The molecule has 2 N–H and O–H groups in total. The third-order valence-electron chi connectivity index (χ3n) is 2.07. The Morgan fingerprint density at radius 3 is 2.80 bits per heavy atom. The van der Waals surface area contributed by atoms with Crippen molar-refractivity contribution in [2.75, 3.05) is 0 Å². The Hall–Kier alpha value is -2.17. The number of aromatic nitrogens is 3. The fourth-order valence-electron chi connectivity index (χ4n) is 1.40. The molecule has 5 nitrogen and oxygen atoms in total. The van der Waals surface area contributed by atoms with E-state index in [0.717, 1.165) is 5.69 Å². The van der Waals surface area contributed by atoms with Gasteiger partial charge in [0.2, 0.25) is 0 Å². The number of nitrogens with two attached hydrogens (primary N) is 1. The van der Waals surface area contributed by atoms with Gasteiger partial charge in [0, 0.05) is 18.9 Å². The molecule has 1 aromatic heterocycles. The Morgan fingerprint density at radius 1 is 1.33 bits per heavy atom. The predicted octanol–water partition coefficient (Wildman–Crippen LogP) is 0.528. The van der Waals surface area contributed by atoms with E-state index in [1.165, 1.54) is 12.4 Å². The van der Waals surface area contributed by atoms with Crippen LogP contribution >= 0.6 is 0 Å². The van der Waals surface area contributed by atoms with Crippen LogP contribution in [0.5, 0.6) is 0 Å². The topological polar surface area (TPSA) is 73.8 Å². The molecule has 0 bridgehead atoms. The fraction of sp³-hybridized carbons (Fsp3) is 0.100. The van der Waals surface area contributed by atoms with E-state index in [9.17, 15) is 4.79 Å². The van der Waals surface area contributed by atoms with Crippen molar-refractivity contribution in [3.8, 4) is 0 Å². The van der Waals surface area contributed by atoms with Crippen molar-refractivity contribution in [2.24, 2.45) is 5.73 Å². The zero-order valence-electron chi connectivity index (χ0n) is 8.00. The van der Waals surface area contributed by atoms with E-state index < -0.39 is 5.91 Å². The molecule has 2 rings (SSSR count). The van der Waals surface area contributed by atoms with Crippen LogP contribution in [0.15, 0.2) is 30.9 Å². The zero-order valence-corrected chi connectivity index (χ0v) is 8.00. The third kappa shape index (κ3) is 1.85. The first-order valence-corrected chi connectivity index (χ1v) is 4.48. The second-order valence-corrected chi connectivity index (χ2v) is 3.04. The summed E-state index contributed by atoms with van der Waals surface area (Å²) in [5.74, 6) is -0.497. The molecule has 0 aromatic carbocycles. The molecular weight excluding hydrogens is 192 g/mol. The summed E-state index contributed by atoms with van der Waals surface area (Å²) in [6, 6.07) is 0. The number of carbonyl (C=O) groups is 1. The van der Waals surface area contributed by atoms with Gasteiger partial charge >= 0.3 is 0 Å². The van der Waals surface area contributed by atoms with Crippen LogP contribution in [0, 0.1) is 0 Å². The normalized spacial score (nSPS) is 12.0. The molecule has 15 heavy (non-hydrogen) atoms. The van der Waals surface area contributed by atoms with Gasteiger partial charge in [-0.05, 0) is 6.08 Å². The van der Waals surface area contributed by atoms with Crippen LogP contribution in [0.25, 0.3) is 6.08 Å². The van der Waals surface area contributed by atoms with Gasteiger partial charge in [0.15, 0.2) is 0 Å². The van der Waals surface area contributed by atoms with E-state index in [4.69, 9.17) is 5.73 Å². The lowest BCUT2D eigenvalue weighted by atomic mass is 10.4. The third-order valence-corrected chi connectivity index (χ3v) is 2.07. The standard InChI is InChI=1S/C10H10N4O/c11-10(15)9-7-13-4-3-12-6-8-2-1-5-14(8)9/h1-4,6-7H,5H2,(H2,11,15). The van der Waals surface area contributed by atoms with Crippen LogP contribution in [0.1, 0.15) is 16.2 Å². The van der Waals surface area contributed by atoms with Crippen LogP contribution in [0.2, 0.25) is 0 Å². The van der Waals surface area contributed by atoms with Gasteiger partial charge in [-0.25, -0.2) is 0 Å². The van der Waals surface area contributed by atoms with E-state index in [0.29, 0.717) is 12.2 Å². The van der Waals surface area contributed by atoms with Crippen LogP contribution in [0.4, 0.5) is 0 Å². The molecule has 0 saturated heterocycles. The number of primary amides is 1. The number of hydrogen-bond donors (Lipinski definition) is 1. The fourth-order valence-corrected chi connectivity index (χ4v) is 1.40. The quantitative estimate of drug-likeness (QED) is 0.721. The number of hydrogen-bond acceptors (Lipinski definition) is 3. The SMILES string of the molecule is NC(=O)c1cnccncc2n1CC=C2. The Morgan fingerprint density at radius 2 is 2.07 bits per heavy atom. The van der Waals surface area contributed by atoms with Crippen LogP contribution in [-0.2, 0) is 6.54 Å². The predicted molar refractivity (Wildman–Crippen MR) is 55.2 cm³/mol. The van der Waals surface area contributed by atoms with E-state index in [1.54, 1.807) is 17.0 Å². The van der Waals surface area contributed by atoms with Crippen LogP contribution in [-0.4, -0.2) is 20.4 Å². The van der Waals surface area contributed by atoms with Gasteiger partial charge in [-0.3, -0.25) is 14.8 Å². The minimum Gasteiger partial charge on any atom is -0.364 e. The lowest BCUT2D eigenvalue weighted by Crippen LogP contribution is -2.18. The van der Waals surface area contributed by atoms with Gasteiger partial charge in [-0.1, -0.05) is 6.08 Å². The van der Waals surface area contributed by atoms with E-state index >= 15 is 0 Å². The Labute approximate surface area is 86.6 Å². The molecule has 0 aliphatic carbocycles. The molecule has 1 aliphatic rings. The average molecular weight is 202 g/mol. The molecule has 1 amide bonds. The van der Waals surface area contributed by atoms with Crippen molar-refractivity contribution < 1.29 is 4.79 Å². The Bertz CT molecular complexity index is 474. The Kier molecular flexibility index (Phi) is 2.45. The van der Waals surface area contributed by atoms with Crippen molar-refractivity contribution in [1.29, 1.82) is 0 Å². The second-order valence-electron chi connectivity index (χ2n) is 3.04. The van der Waals surface area contributed by atoms with Crippen molar-refractivity contribution in [3.05, 3.63) is 42.3 Å². The zero-order chi connectivity index (χ0) is 10.7. The monoisotopic (exact) mass is 202 g/mol. The molecule has 5 heteroatoms. The van der Waals surface area contributed by atoms with Crippen molar-refractivity contribution >= 4 is 12.0 Å². The highest BCUT2D eigenvalue weighted by Gasteiger charge is 2.09. The number of amides is 1. The van der Waals surface area contributed by atoms with Gasteiger partial charge < -0.3 is 10.3 Å². The van der Waals surface area contributed by atoms with Crippen molar-refractivity contribution in [3.63, 3.8) is 0 Å². The minimum absolute atomic E-state index is 0.369. The first-order valence-electron chi connectivity index (χ1n) is 4.48. The largest absolute Gasteiger partial charge is 0.364 e. The number of fused-ring (bicyclic) bond motifs is 1. The smallest absolute Gasteiger partial charge is 0.266 e. The van der Waals surface area contributed by atoms with Gasteiger partial charge in [0.1, 0.15) is 5.69 Å². The maximum Gasteiger partial charge on any atom is 0.266 e.